The zero-order valence-electron chi connectivity index (χ0n) is 11.3. The molecule has 1 heterocycles. The molecule has 1 aromatic heterocycles. The summed E-state index contributed by atoms with van der Waals surface area (Å²) >= 11 is 0. The summed E-state index contributed by atoms with van der Waals surface area (Å²) in [5.41, 5.74) is 2.51. The SMILES string of the molecule is O=C(CCn1cnc2ccccc21)Nc1ccc(F)cc1. The van der Waals surface area contributed by atoms with Crippen LogP contribution in [0, 0.1) is 5.82 Å². The minimum Gasteiger partial charge on any atom is -0.330 e. The Kier molecular flexibility index (Phi) is 3.64. The highest BCUT2D eigenvalue weighted by Gasteiger charge is 2.06. The zero-order valence-corrected chi connectivity index (χ0v) is 11.3. The van der Waals surface area contributed by atoms with Gasteiger partial charge in [-0.25, -0.2) is 9.37 Å². The zero-order chi connectivity index (χ0) is 14.7. The van der Waals surface area contributed by atoms with E-state index in [1.54, 1.807) is 18.5 Å². The van der Waals surface area contributed by atoms with E-state index < -0.39 is 0 Å². The van der Waals surface area contributed by atoms with Crippen LogP contribution >= 0.6 is 0 Å². The fourth-order valence-corrected chi connectivity index (χ4v) is 2.17. The molecular weight excluding hydrogens is 269 g/mol. The molecule has 0 radical (unpaired) electrons. The van der Waals surface area contributed by atoms with E-state index >= 15 is 0 Å². The molecule has 0 aliphatic rings. The smallest absolute Gasteiger partial charge is 0.226 e. The third kappa shape index (κ3) is 3.08. The maximum absolute atomic E-state index is 12.8. The lowest BCUT2D eigenvalue weighted by Gasteiger charge is -2.06. The number of halogens is 1. The second kappa shape index (κ2) is 5.75. The average Bonchev–Trinajstić information content (AvgIpc) is 2.91. The van der Waals surface area contributed by atoms with Gasteiger partial charge in [-0.15, -0.1) is 0 Å². The van der Waals surface area contributed by atoms with Gasteiger partial charge in [0.25, 0.3) is 0 Å². The Labute approximate surface area is 121 Å². The third-order valence-electron chi connectivity index (χ3n) is 3.24. The maximum atomic E-state index is 12.8. The molecule has 4 nitrogen and oxygen atoms in total. The van der Waals surface area contributed by atoms with Gasteiger partial charge in [0, 0.05) is 18.7 Å². The first-order valence-electron chi connectivity index (χ1n) is 6.68. The van der Waals surface area contributed by atoms with Crippen LogP contribution in [-0.4, -0.2) is 15.5 Å². The number of nitrogens with one attached hydrogen (secondary N) is 1. The number of imidazole rings is 1. The summed E-state index contributed by atoms with van der Waals surface area (Å²) in [7, 11) is 0. The van der Waals surface area contributed by atoms with Gasteiger partial charge in [-0.2, -0.15) is 0 Å². The monoisotopic (exact) mass is 283 g/mol. The van der Waals surface area contributed by atoms with Gasteiger partial charge in [0.1, 0.15) is 5.82 Å². The first-order valence-corrected chi connectivity index (χ1v) is 6.68. The average molecular weight is 283 g/mol. The fraction of sp³-hybridized carbons (Fsp3) is 0.125. The molecular formula is C16H14FN3O. The maximum Gasteiger partial charge on any atom is 0.226 e. The number of carbonyl (C=O) groups is 1. The quantitative estimate of drug-likeness (QED) is 0.799. The van der Waals surface area contributed by atoms with Crippen LogP contribution < -0.4 is 5.32 Å². The summed E-state index contributed by atoms with van der Waals surface area (Å²) in [6.45, 7) is 0.549. The van der Waals surface area contributed by atoms with Crippen LogP contribution in [0.3, 0.4) is 0 Å². The fourth-order valence-electron chi connectivity index (χ4n) is 2.17. The lowest BCUT2D eigenvalue weighted by molar-refractivity contribution is -0.116. The van der Waals surface area contributed by atoms with Crippen LogP contribution in [-0.2, 0) is 11.3 Å². The van der Waals surface area contributed by atoms with Crippen molar-refractivity contribution in [1.82, 2.24) is 9.55 Å². The Morgan fingerprint density at radius 2 is 1.90 bits per heavy atom. The molecule has 0 saturated carbocycles. The van der Waals surface area contributed by atoms with Crippen LogP contribution in [0.25, 0.3) is 11.0 Å². The number of hydrogen-bond acceptors (Lipinski definition) is 2. The number of carbonyl (C=O) groups excluding carboxylic acids is 1. The number of benzene rings is 2. The number of hydrogen-bond donors (Lipinski definition) is 1. The predicted molar refractivity (Wildman–Crippen MR) is 79.4 cm³/mol. The summed E-state index contributed by atoms with van der Waals surface area (Å²) in [6.07, 6.45) is 2.06. The van der Waals surface area contributed by atoms with Gasteiger partial charge < -0.3 is 9.88 Å². The Morgan fingerprint density at radius 1 is 1.14 bits per heavy atom. The molecule has 1 amide bonds. The molecule has 0 saturated heterocycles. The molecule has 0 spiro atoms. The molecule has 1 N–H and O–H groups in total. The molecule has 3 aromatic rings. The number of fused-ring (bicyclic) bond motifs is 1. The number of amides is 1. The van der Waals surface area contributed by atoms with Crippen LogP contribution in [0.4, 0.5) is 10.1 Å². The van der Waals surface area contributed by atoms with Gasteiger partial charge in [0.05, 0.1) is 17.4 Å². The molecule has 0 aliphatic carbocycles. The predicted octanol–water partition coefficient (Wildman–Crippen LogP) is 3.20. The molecule has 3 rings (SSSR count). The Bertz CT molecular complexity index is 765. The van der Waals surface area contributed by atoms with Crippen molar-refractivity contribution in [2.75, 3.05) is 5.32 Å². The summed E-state index contributed by atoms with van der Waals surface area (Å²) in [5, 5.41) is 2.74. The van der Waals surface area contributed by atoms with Gasteiger partial charge >= 0.3 is 0 Å². The highest BCUT2D eigenvalue weighted by Crippen LogP contribution is 2.13. The topological polar surface area (TPSA) is 46.9 Å². The molecule has 2 aromatic carbocycles. The standard InChI is InChI=1S/C16H14FN3O/c17-12-5-7-13(8-6-12)19-16(21)9-10-20-11-18-14-3-1-2-4-15(14)20/h1-8,11H,9-10H2,(H,19,21). The van der Waals surface area contributed by atoms with Gasteiger partial charge in [0.15, 0.2) is 0 Å². The van der Waals surface area contributed by atoms with Crippen LogP contribution in [0.5, 0.6) is 0 Å². The van der Waals surface area contributed by atoms with Crippen LogP contribution in [0.1, 0.15) is 6.42 Å². The highest BCUT2D eigenvalue weighted by molar-refractivity contribution is 5.90. The van der Waals surface area contributed by atoms with Crippen molar-refractivity contribution in [2.24, 2.45) is 0 Å². The van der Waals surface area contributed by atoms with Crippen molar-refractivity contribution >= 4 is 22.6 Å². The Morgan fingerprint density at radius 3 is 2.71 bits per heavy atom. The summed E-state index contributed by atoms with van der Waals surface area (Å²) < 4.78 is 14.7. The largest absolute Gasteiger partial charge is 0.330 e. The first-order chi connectivity index (χ1) is 10.2. The summed E-state index contributed by atoms with van der Waals surface area (Å²) in [6, 6.07) is 13.5. The van der Waals surface area contributed by atoms with Crippen molar-refractivity contribution in [3.8, 4) is 0 Å². The molecule has 0 fully saturated rings. The second-order valence-electron chi connectivity index (χ2n) is 4.73. The number of nitrogens with zero attached hydrogens (tertiary/aromatic N) is 2. The summed E-state index contributed by atoms with van der Waals surface area (Å²) in [5.74, 6) is -0.433. The molecule has 21 heavy (non-hydrogen) atoms. The summed E-state index contributed by atoms with van der Waals surface area (Å²) in [4.78, 5) is 16.2. The van der Waals surface area contributed by atoms with Crippen molar-refractivity contribution in [3.05, 3.63) is 60.7 Å². The van der Waals surface area contributed by atoms with Crippen molar-refractivity contribution in [2.45, 2.75) is 13.0 Å². The molecule has 0 unspecified atom stereocenters. The molecule has 0 bridgehead atoms. The highest BCUT2D eigenvalue weighted by atomic mass is 19.1. The number of anilines is 1. The molecule has 5 heteroatoms. The molecule has 106 valence electrons. The van der Waals surface area contributed by atoms with Gasteiger partial charge in [-0.1, -0.05) is 12.1 Å². The minimum absolute atomic E-state index is 0.112. The number of rotatable bonds is 4. The van der Waals surface area contributed by atoms with E-state index in [0.29, 0.717) is 18.7 Å². The van der Waals surface area contributed by atoms with E-state index in [9.17, 15) is 9.18 Å². The lowest BCUT2D eigenvalue weighted by atomic mass is 10.3. The van der Waals surface area contributed by atoms with Gasteiger partial charge in [-0.3, -0.25) is 4.79 Å². The van der Waals surface area contributed by atoms with Crippen molar-refractivity contribution < 1.29 is 9.18 Å². The normalized spacial score (nSPS) is 10.7. The van der Waals surface area contributed by atoms with E-state index in [-0.39, 0.29) is 11.7 Å². The van der Waals surface area contributed by atoms with Crippen molar-refractivity contribution in [1.29, 1.82) is 0 Å². The van der Waals surface area contributed by atoms with E-state index in [1.807, 2.05) is 28.8 Å². The van der Waals surface area contributed by atoms with E-state index in [1.165, 1.54) is 12.1 Å². The van der Waals surface area contributed by atoms with Crippen LogP contribution in [0.15, 0.2) is 54.9 Å². The van der Waals surface area contributed by atoms with Gasteiger partial charge in [0.2, 0.25) is 5.91 Å². The Hall–Kier alpha value is -2.69. The number of aryl methyl sites for hydroxylation is 1. The second-order valence-corrected chi connectivity index (χ2v) is 4.73. The minimum atomic E-state index is -0.321. The lowest BCUT2D eigenvalue weighted by Crippen LogP contribution is -2.14. The van der Waals surface area contributed by atoms with Crippen LogP contribution in [0.2, 0.25) is 0 Å². The molecule has 0 atom stereocenters. The molecule has 0 aliphatic heterocycles. The first kappa shape index (κ1) is 13.3. The van der Waals surface area contributed by atoms with E-state index in [2.05, 4.69) is 10.3 Å². The van der Waals surface area contributed by atoms with E-state index in [0.717, 1.165) is 11.0 Å². The van der Waals surface area contributed by atoms with Crippen molar-refractivity contribution in [3.63, 3.8) is 0 Å². The third-order valence-corrected chi connectivity index (χ3v) is 3.24. The van der Waals surface area contributed by atoms with Gasteiger partial charge in [-0.05, 0) is 36.4 Å². The van der Waals surface area contributed by atoms with E-state index in [4.69, 9.17) is 0 Å². The number of para-hydroxylation sites is 2. The Balaban J connectivity index is 1.62. The number of aromatic nitrogens is 2.